The van der Waals surface area contributed by atoms with Crippen LogP contribution in [0.15, 0.2) is 12.4 Å². The molecule has 2 bridgehead atoms. The Morgan fingerprint density at radius 3 is 2.75 bits per heavy atom. The Labute approximate surface area is 122 Å². The standard InChI is InChI=1S/C15H19N3OS/c1-2-12-7-13-14(16-8-17-15(13)20-12)18-9-3-4-10(18)6-11(19)5-9/h7-11,19H,2-6H2,1H3. The number of aryl methyl sites for hydroxylation is 1. The zero-order chi connectivity index (χ0) is 13.7. The minimum Gasteiger partial charge on any atom is -0.393 e. The maximum atomic E-state index is 9.95. The predicted molar refractivity (Wildman–Crippen MR) is 81.3 cm³/mol. The number of hydrogen-bond acceptors (Lipinski definition) is 5. The Morgan fingerprint density at radius 2 is 2.05 bits per heavy atom. The van der Waals surface area contributed by atoms with Gasteiger partial charge >= 0.3 is 0 Å². The SMILES string of the molecule is CCc1cc2c(N3C4CCC3CC(O)C4)ncnc2s1. The molecule has 2 saturated heterocycles. The summed E-state index contributed by atoms with van der Waals surface area (Å²) in [6.45, 7) is 2.18. The summed E-state index contributed by atoms with van der Waals surface area (Å²) in [6.07, 6.45) is 6.73. The summed E-state index contributed by atoms with van der Waals surface area (Å²) in [7, 11) is 0. The average molecular weight is 289 g/mol. The van der Waals surface area contributed by atoms with E-state index in [0.717, 1.165) is 29.9 Å². The molecule has 1 N–H and O–H groups in total. The van der Waals surface area contributed by atoms with Gasteiger partial charge in [-0.15, -0.1) is 11.3 Å². The highest BCUT2D eigenvalue weighted by Gasteiger charge is 2.41. The van der Waals surface area contributed by atoms with E-state index in [-0.39, 0.29) is 6.10 Å². The first kappa shape index (κ1) is 12.5. The second kappa shape index (κ2) is 4.67. The number of hydrogen-bond donors (Lipinski definition) is 1. The van der Waals surface area contributed by atoms with Crippen LogP contribution in [-0.4, -0.2) is 33.3 Å². The van der Waals surface area contributed by atoms with E-state index in [9.17, 15) is 5.11 Å². The number of nitrogens with zero attached hydrogens (tertiary/aromatic N) is 3. The minimum atomic E-state index is -0.130. The van der Waals surface area contributed by atoms with Gasteiger partial charge in [0.1, 0.15) is 17.0 Å². The van der Waals surface area contributed by atoms with E-state index in [1.165, 1.54) is 23.1 Å². The fraction of sp³-hybridized carbons (Fsp3) is 0.600. The van der Waals surface area contributed by atoms with Crippen molar-refractivity contribution in [1.29, 1.82) is 0 Å². The van der Waals surface area contributed by atoms with Gasteiger partial charge in [0.15, 0.2) is 0 Å². The lowest BCUT2D eigenvalue weighted by Crippen LogP contribution is -2.45. The highest BCUT2D eigenvalue weighted by atomic mass is 32.1. The van der Waals surface area contributed by atoms with Crippen molar-refractivity contribution in [3.8, 4) is 0 Å². The normalized spacial score (nSPS) is 29.3. The third-order valence-corrected chi connectivity index (χ3v) is 5.85. The van der Waals surface area contributed by atoms with Crippen LogP contribution in [0.5, 0.6) is 0 Å². The Morgan fingerprint density at radius 1 is 1.30 bits per heavy atom. The minimum absolute atomic E-state index is 0.130. The van der Waals surface area contributed by atoms with Crippen LogP contribution in [0.25, 0.3) is 10.2 Å². The number of aliphatic hydroxyl groups is 1. The summed E-state index contributed by atoms with van der Waals surface area (Å²) >= 11 is 1.77. The van der Waals surface area contributed by atoms with Crippen molar-refractivity contribution >= 4 is 27.4 Å². The van der Waals surface area contributed by atoms with Crippen molar-refractivity contribution in [2.75, 3.05) is 4.90 Å². The van der Waals surface area contributed by atoms with Crippen molar-refractivity contribution in [3.05, 3.63) is 17.3 Å². The lowest BCUT2D eigenvalue weighted by molar-refractivity contribution is 0.126. The molecule has 2 aliphatic rings. The molecule has 20 heavy (non-hydrogen) atoms. The molecule has 0 aliphatic carbocycles. The molecular formula is C15H19N3OS. The molecule has 4 heterocycles. The van der Waals surface area contributed by atoms with E-state index < -0.39 is 0 Å². The van der Waals surface area contributed by atoms with Crippen molar-refractivity contribution < 1.29 is 5.11 Å². The summed E-state index contributed by atoms with van der Waals surface area (Å²) in [4.78, 5) is 13.9. The number of piperidine rings is 1. The number of aliphatic hydroxyl groups excluding tert-OH is 1. The summed E-state index contributed by atoms with van der Waals surface area (Å²) in [5.74, 6) is 1.09. The largest absolute Gasteiger partial charge is 0.393 e. The first-order valence-corrected chi connectivity index (χ1v) is 8.27. The zero-order valence-electron chi connectivity index (χ0n) is 11.6. The van der Waals surface area contributed by atoms with Gasteiger partial charge in [-0.25, -0.2) is 9.97 Å². The maximum Gasteiger partial charge on any atom is 0.141 e. The third kappa shape index (κ3) is 1.84. The van der Waals surface area contributed by atoms with E-state index in [1.807, 2.05) is 0 Å². The van der Waals surface area contributed by atoms with Gasteiger partial charge in [-0.05, 0) is 38.2 Å². The van der Waals surface area contributed by atoms with Gasteiger partial charge in [-0.3, -0.25) is 0 Å². The molecule has 0 aromatic carbocycles. The van der Waals surface area contributed by atoms with Crippen molar-refractivity contribution in [2.45, 2.75) is 57.2 Å². The zero-order valence-corrected chi connectivity index (χ0v) is 12.4. The molecule has 106 valence electrons. The van der Waals surface area contributed by atoms with E-state index >= 15 is 0 Å². The van der Waals surface area contributed by atoms with Crippen LogP contribution < -0.4 is 4.90 Å². The van der Waals surface area contributed by atoms with E-state index in [4.69, 9.17) is 0 Å². The quantitative estimate of drug-likeness (QED) is 0.923. The van der Waals surface area contributed by atoms with Crippen LogP contribution in [0.1, 0.15) is 37.5 Å². The highest BCUT2D eigenvalue weighted by molar-refractivity contribution is 7.18. The summed E-state index contributed by atoms with van der Waals surface area (Å²) in [5.41, 5.74) is 0. The molecule has 2 fully saturated rings. The molecule has 0 saturated carbocycles. The first-order chi connectivity index (χ1) is 9.76. The Hall–Kier alpha value is -1.20. The maximum absolute atomic E-state index is 9.95. The molecule has 5 heteroatoms. The molecule has 0 spiro atoms. The summed E-state index contributed by atoms with van der Waals surface area (Å²) < 4.78 is 0. The average Bonchev–Trinajstić information content (AvgIpc) is 2.98. The number of fused-ring (bicyclic) bond motifs is 3. The number of anilines is 1. The van der Waals surface area contributed by atoms with Gasteiger partial charge in [0, 0.05) is 17.0 Å². The van der Waals surface area contributed by atoms with Gasteiger partial charge in [0.05, 0.1) is 11.5 Å². The molecule has 4 nitrogen and oxygen atoms in total. The van der Waals surface area contributed by atoms with Gasteiger partial charge in [-0.1, -0.05) is 6.92 Å². The second-order valence-corrected chi connectivity index (χ2v) is 7.02. The molecule has 2 aromatic rings. The lowest BCUT2D eigenvalue weighted by atomic mass is 9.99. The Balaban J connectivity index is 1.80. The molecule has 0 amide bonds. The van der Waals surface area contributed by atoms with Crippen LogP contribution in [0.2, 0.25) is 0 Å². The van der Waals surface area contributed by atoms with Crippen LogP contribution in [0.3, 0.4) is 0 Å². The van der Waals surface area contributed by atoms with Crippen molar-refractivity contribution in [2.24, 2.45) is 0 Å². The monoisotopic (exact) mass is 289 g/mol. The number of rotatable bonds is 2. The Bertz CT molecular complexity index is 627. The van der Waals surface area contributed by atoms with Crippen LogP contribution >= 0.6 is 11.3 Å². The van der Waals surface area contributed by atoms with Gasteiger partial charge < -0.3 is 10.0 Å². The van der Waals surface area contributed by atoms with E-state index in [1.54, 1.807) is 17.7 Å². The molecular weight excluding hydrogens is 270 g/mol. The van der Waals surface area contributed by atoms with Crippen molar-refractivity contribution in [3.63, 3.8) is 0 Å². The lowest BCUT2D eigenvalue weighted by Gasteiger charge is -2.38. The van der Waals surface area contributed by atoms with E-state index in [2.05, 4.69) is 27.9 Å². The highest BCUT2D eigenvalue weighted by Crippen LogP contribution is 2.41. The van der Waals surface area contributed by atoms with Crippen molar-refractivity contribution in [1.82, 2.24) is 9.97 Å². The Kier molecular flexibility index (Phi) is 2.93. The second-order valence-electron chi connectivity index (χ2n) is 5.90. The van der Waals surface area contributed by atoms with E-state index in [0.29, 0.717) is 12.1 Å². The molecule has 4 rings (SSSR count). The predicted octanol–water partition coefficient (Wildman–Crippen LogP) is 2.75. The molecule has 2 aliphatic heterocycles. The summed E-state index contributed by atoms with van der Waals surface area (Å²) in [5, 5.41) is 11.1. The molecule has 0 radical (unpaired) electrons. The smallest absolute Gasteiger partial charge is 0.141 e. The van der Waals surface area contributed by atoms with Gasteiger partial charge in [0.25, 0.3) is 0 Å². The third-order valence-electron chi connectivity index (χ3n) is 4.66. The van der Waals surface area contributed by atoms with Gasteiger partial charge in [-0.2, -0.15) is 0 Å². The summed E-state index contributed by atoms with van der Waals surface area (Å²) in [6, 6.07) is 3.15. The number of thiophene rings is 1. The number of aromatic nitrogens is 2. The van der Waals surface area contributed by atoms with Crippen LogP contribution in [-0.2, 0) is 6.42 Å². The van der Waals surface area contributed by atoms with Gasteiger partial charge in [0.2, 0.25) is 0 Å². The fourth-order valence-corrected chi connectivity index (χ4v) is 4.70. The fourth-order valence-electron chi connectivity index (χ4n) is 3.77. The van der Waals surface area contributed by atoms with Crippen LogP contribution in [0, 0.1) is 0 Å². The molecule has 2 aromatic heterocycles. The molecule has 2 unspecified atom stereocenters. The van der Waals surface area contributed by atoms with Crippen LogP contribution in [0.4, 0.5) is 5.82 Å². The molecule has 2 atom stereocenters. The topological polar surface area (TPSA) is 49.2 Å². The first-order valence-electron chi connectivity index (χ1n) is 7.46.